The number of hydrogen-bond acceptors (Lipinski definition) is 5. The van der Waals surface area contributed by atoms with Crippen LogP contribution >= 0.6 is 11.3 Å². The zero-order valence-electron chi connectivity index (χ0n) is 9.56. The Labute approximate surface area is 106 Å². The minimum atomic E-state index is -3.46. The molecule has 0 saturated carbocycles. The summed E-state index contributed by atoms with van der Waals surface area (Å²) in [6.45, 7) is 3.87. The smallest absolute Gasteiger partial charge is 0.250 e. The minimum absolute atomic E-state index is 0.185. The molecule has 2 N–H and O–H groups in total. The molecule has 0 saturated heterocycles. The Morgan fingerprint density at radius 1 is 1.35 bits per heavy atom. The number of sulfonamides is 1. The summed E-state index contributed by atoms with van der Waals surface area (Å²) in [6.07, 6.45) is 1.02. The van der Waals surface area contributed by atoms with Crippen molar-refractivity contribution in [3.05, 3.63) is 17.0 Å². The molecule has 0 aliphatic rings. The van der Waals surface area contributed by atoms with Crippen LogP contribution in [0.15, 0.2) is 16.3 Å². The van der Waals surface area contributed by atoms with Gasteiger partial charge >= 0.3 is 0 Å². The van der Waals surface area contributed by atoms with Crippen molar-refractivity contribution in [3.8, 4) is 6.07 Å². The van der Waals surface area contributed by atoms with Crippen LogP contribution in [-0.2, 0) is 10.0 Å². The van der Waals surface area contributed by atoms with Gasteiger partial charge in [-0.15, -0.1) is 11.3 Å². The van der Waals surface area contributed by atoms with Gasteiger partial charge in [-0.05, 0) is 25.1 Å². The molecular formula is C10H15N3O2S2. The van der Waals surface area contributed by atoms with E-state index in [-0.39, 0.29) is 4.21 Å². The molecule has 5 nitrogen and oxygen atoms in total. The first-order valence-corrected chi connectivity index (χ1v) is 7.60. The number of nitriles is 1. The van der Waals surface area contributed by atoms with Crippen molar-refractivity contribution in [2.45, 2.75) is 17.6 Å². The van der Waals surface area contributed by atoms with Crippen LogP contribution < -0.4 is 10.0 Å². The Balaban J connectivity index is 2.49. The number of rotatable bonds is 7. The van der Waals surface area contributed by atoms with Crippen LogP contribution in [0.3, 0.4) is 0 Å². The maximum atomic E-state index is 11.8. The zero-order valence-corrected chi connectivity index (χ0v) is 11.2. The van der Waals surface area contributed by atoms with Crippen molar-refractivity contribution in [3.63, 3.8) is 0 Å². The topological polar surface area (TPSA) is 82.0 Å². The second-order valence-corrected chi connectivity index (χ2v) is 6.46. The standard InChI is InChI=1S/C10H15N3O2S2/c1-2-5-12-6-7-13-17(14,15)10-4-3-9(8-11)16-10/h3-4,12-13H,2,5-7H2,1H3. The largest absolute Gasteiger partial charge is 0.315 e. The summed E-state index contributed by atoms with van der Waals surface area (Å²) in [4.78, 5) is 0.398. The van der Waals surface area contributed by atoms with E-state index in [0.29, 0.717) is 18.0 Å². The van der Waals surface area contributed by atoms with Gasteiger partial charge in [0.15, 0.2) is 0 Å². The summed E-state index contributed by atoms with van der Waals surface area (Å²) in [6, 6.07) is 4.88. The van der Waals surface area contributed by atoms with Crippen LogP contribution in [0.1, 0.15) is 18.2 Å². The lowest BCUT2D eigenvalue weighted by atomic mass is 10.5. The predicted molar refractivity (Wildman–Crippen MR) is 67.4 cm³/mol. The highest BCUT2D eigenvalue weighted by Crippen LogP contribution is 2.20. The highest BCUT2D eigenvalue weighted by atomic mass is 32.2. The molecule has 7 heteroatoms. The van der Waals surface area contributed by atoms with Gasteiger partial charge in [-0.1, -0.05) is 6.92 Å². The maximum Gasteiger partial charge on any atom is 0.250 e. The number of hydrogen-bond donors (Lipinski definition) is 2. The van der Waals surface area contributed by atoms with Gasteiger partial charge in [-0.3, -0.25) is 0 Å². The highest BCUT2D eigenvalue weighted by Gasteiger charge is 2.15. The van der Waals surface area contributed by atoms with Gasteiger partial charge in [0.05, 0.1) is 0 Å². The second kappa shape index (κ2) is 6.71. The normalized spacial score (nSPS) is 11.3. The van der Waals surface area contributed by atoms with Gasteiger partial charge < -0.3 is 5.32 Å². The van der Waals surface area contributed by atoms with Crippen molar-refractivity contribution in [1.29, 1.82) is 5.26 Å². The first-order valence-electron chi connectivity index (χ1n) is 5.30. The van der Waals surface area contributed by atoms with Crippen LogP contribution in [0, 0.1) is 11.3 Å². The van der Waals surface area contributed by atoms with E-state index in [0.717, 1.165) is 24.3 Å². The third-order valence-electron chi connectivity index (χ3n) is 1.98. The Kier molecular flexibility index (Phi) is 5.58. The Morgan fingerprint density at radius 3 is 2.71 bits per heavy atom. The molecule has 94 valence electrons. The van der Waals surface area contributed by atoms with Crippen molar-refractivity contribution in [2.24, 2.45) is 0 Å². The third kappa shape index (κ3) is 4.44. The van der Waals surface area contributed by atoms with E-state index >= 15 is 0 Å². The molecule has 17 heavy (non-hydrogen) atoms. The van der Waals surface area contributed by atoms with Gasteiger partial charge in [-0.25, -0.2) is 13.1 Å². The molecule has 0 aliphatic heterocycles. The monoisotopic (exact) mass is 273 g/mol. The Hall–Kier alpha value is -0.940. The molecule has 0 spiro atoms. The fraction of sp³-hybridized carbons (Fsp3) is 0.500. The number of thiophene rings is 1. The van der Waals surface area contributed by atoms with Crippen molar-refractivity contribution < 1.29 is 8.42 Å². The van der Waals surface area contributed by atoms with E-state index in [9.17, 15) is 8.42 Å². The summed E-state index contributed by atoms with van der Waals surface area (Å²) in [5, 5.41) is 11.7. The molecular weight excluding hydrogens is 258 g/mol. The van der Waals surface area contributed by atoms with E-state index in [1.807, 2.05) is 13.0 Å². The summed E-state index contributed by atoms with van der Waals surface area (Å²) in [5.41, 5.74) is 0. The number of nitrogens with zero attached hydrogens (tertiary/aromatic N) is 1. The molecule has 1 heterocycles. The summed E-state index contributed by atoms with van der Waals surface area (Å²) in [5.74, 6) is 0. The van der Waals surface area contributed by atoms with E-state index < -0.39 is 10.0 Å². The maximum absolute atomic E-state index is 11.8. The first-order chi connectivity index (χ1) is 8.10. The van der Waals surface area contributed by atoms with Gasteiger partial charge in [0, 0.05) is 13.1 Å². The van der Waals surface area contributed by atoms with E-state index in [1.165, 1.54) is 12.1 Å². The fourth-order valence-electron chi connectivity index (χ4n) is 1.17. The molecule has 0 aliphatic carbocycles. The molecule has 0 bridgehead atoms. The van der Waals surface area contributed by atoms with Crippen LogP contribution in [0.2, 0.25) is 0 Å². The number of nitrogens with one attached hydrogen (secondary N) is 2. The highest BCUT2D eigenvalue weighted by molar-refractivity contribution is 7.91. The lowest BCUT2D eigenvalue weighted by molar-refractivity contribution is 0.577. The van der Waals surface area contributed by atoms with Crippen molar-refractivity contribution >= 4 is 21.4 Å². The van der Waals surface area contributed by atoms with Crippen LogP contribution in [-0.4, -0.2) is 28.1 Å². The lowest BCUT2D eigenvalue weighted by Crippen LogP contribution is -2.31. The van der Waals surface area contributed by atoms with E-state index in [2.05, 4.69) is 10.0 Å². The first kappa shape index (κ1) is 14.1. The van der Waals surface area contributed by atoms with Crippen molar-refractivity contribution in [2.75, 3.05) is 19.6 Å². The van der Waals surface area contributed by atoms with Crippen LogP contribution in [0.5, 0.6) is 0 Å². The molecule has 0 fully saturated rings. The SMILES string of the molecule is CCCNCCNS(=O)(=O)c1ccc(C#N)s1. The van der Waals surface area contributed by atoms with Gasteiger partial charge in [0.2, 0.25) is 10.0 Å². The van der Waals surface area contributed by atoms with Crippen LogP contribution in [0.4, 0.5) is 0 Å². The van der Waals surface area contributed by atoms with Crippen LogP contribution in [0.25, 0.3) is 0 Å². The minimum Gasteiger partial charge on any atom is -0.315 e. The van der Waals surface area contributed by atoms with Crippen molar-refractivity contribution in [1.82, 2.24) is 10.0 Å². The average Bonchev–Trinajstić information content (AvgIpc) is 2.78. The molecule has 1 aromatic rings. The predicted octanol–water partition coefficient (Wildman–Crippen LogP) is 0.898. The van der Waals surface area contributed by atoms with E-state index in [1.54, 1.807) is 0 Å². The summed E-state index contributed by atoms with van der Waals surface area (Å²) in [7, 11) is -3.46. The molecule has 0 atom stereocenters. The quantitative estimate of drug-likeness (QED) is 0.723. The molecule has 0 radical (unpaired) electrons. The Bertz CT molecular complexity index is 488. The van der Waals surface area contributed by atoms with Gasteiger partial charge in [0.1, 0.15) is 15.2 Å². The molecule has 0 aromatic carbocycles. The second-order valence-electron chi connectivity index (χ2n) is 3.38. The Morgan fingerprint density at radius 2 is 2.12 bits per heavy atom. The van der Waals surface area contributed by atoms with E-state index in [4.69, 9.17) is 5.26 Å². The summed E-state index contributed by atoms with van der Waals surface area (Å²) >= 11 is 0.976. The average molecular weight is 273 g/mol. The summed E-state index contributed by atoms with van der Waals surface area (Å²) < 4.78 is 26.2. The van der Waals surface area contributed by atoms with Gasteiger partial charge in [0.25, 0.3) is 0 Å². The molecule has 1 rings (SSSR count). The van der Waals surface area contributed by atoms with Gasteiger partial charge in [-0.2, -0.15) is 5.26 Å². The molecule has 0 amide bonds. The molecule has 1 aromatic heterocycles. The lowest BCUT2D eigenvalue weighted by Gasteiger charge is -2.05. The molecule has 0 unspecified atom stereocenters. The zero-order chi connectivity index (χ0) is 12.7. The fourth-order valence-corrected chi connectivity index (χ4v) is 3.35. The third-order valence-corrected chi connectivity index (χ3v) is 4.92.